The van der Waals surface area contributed by atoms with Crippen LogP contribution in [0.2, 0.25) is 0 Å². The van der Waals surface area contributed by atoms with Gasteiger partial charge in [-0.3, -0.25) is 9.59 Å². The number of hydrogen-bond acceptors (Lipinski definition) is 11. The van der Waals surface area contributed by atoms with Gasteiger partial charge in [-0.25, -0.2) is 0 Å². The van der Waals surface area contributed by atoms with Crippen LogP contribution in [-0.2, 0) is 27.4 Å². The largest absolute Gasteiger partial charge is 0.493 e. The summed E-state index contributed by atoms with van der Waals surface area (Å²) in [5.74, 6) is 1.94. The van der Waals surface area contributed by atoms with Crippen molar-refractivity contribution in [1.29, 1.82) is 0 Å². The van der Waals surface area contributed by atoms with Gasteiger partial charge in [0, 0.05) is 30.1 Å². The second-order valence-electron chi connectivity index (χ2n) is 10.2. The van der Waals surface area contributed by atoms with Crippen molar-refractivity contribution < 1.29 is 33.3 Å². The van der Waals surface area contributed by atoms with E-state index in [0.29, 0.717) is 47.5 Å². The molecule has 0 radical (unpaired) electrons. The fourth-order valence-corrected chi connectivity index (χ4v) is 5.99. The van der Waals surface area contributed by atoms with E-state index in [-0.39, 0.29) is 37.8 Å². The summed E-state index contributed by atoms with van der Waals surface area (Å²) in [6.45, 7) is 1.06. The third-order valence-electron chi connectivity index (χ3n) is 7.38. The molecule has 2 atom stereocenters. The quantitative estimate of drug-likeness (QED) is 0.251. The number of tetrazole rings is 1. The number of fused-ring (bicyclic) bond motifs is 1. The topological polar surface area (TPSA) is 139 Å². The average molecular weight is 621 g/mol. The fourth-order valence-electron chi connectivity index (χ4n) is 5.16. The molecular weight excluding hydrogens is 588 g/mol. The third kappa shape index (κ3) is 6.45. The number of rotatable bonds is 12. The predicted octanol–water partition coefficient (Wildman–Crippen LogP) is 3.21. The average Bonchev–Trinajstić information content (AvgIpc) is 3.87. The second kappa shape index (κ2) is 13.3. The number of methoxy groups -OCH3 is 2. The number of nitrogens with zero attached hydrogens (tertiary/aromatic N) is 5. The number of benzene rings is 2. The van der Waals surface area contributed by atoms with E-state index in [9.17, 15) is 9.59 Å². The maximum atomic E-state index is 14.1. The van der Waals surface area contributed by atoms with Gasteiger partial charge in [0.15, 0.2) is 23.0 Å². The highest BCUT2D eigenvalue weighted by Crippen LogP contribution is 2.35. The van der Waals surface area contributed by atoms with Gasteiger partial charge in [-0.05, 0) is 65.4 Å². The first-order valence-electron chi connectivity index (χ1n) is 14.1. The van der Waals surface area contributed by atoms with Gasteiger partial charge in [0.1, 0.15) is 12.6 Å². The Morgan fingerprint density at radius 2 is 1.98 bits per heavy atom. The number of ether oxygens (including phenoxy) is 5. The van der Waals surface area contributed by atoms with E-state index in [0.717, 1.165) is 23.3 Å². The van der Waals surface area contributed by atoms with Crippen LogP contribution >= 0.6 is 11.3 Å². The Balaban J connectivity index is 1.28. The van der Waals surface area contributed by atoms with Crippen molar-refractivity contribution in [3.05, 3.63) is 64.4 Å². The summed E-state index contributed by atoms with van der Waals surface area (Å²) < 4.78 is 27.4. The summed E-state index contributed by atoms with van der Waals surface area (Å²) in [4.78, 5) is 31.4. The van der Waals surface area contributed by atoms with Crippen LogP contribution in [0.15, 0.2) is 53.9 Å². The Bertz CT molecular complexity index is 1610. The predicted molar refractivity (Wildman–Crippen MR) is 159 cm³/mol. The summed E-state index contributed by atoms with van der Waals surface area (Å²) in [6.07, 6.45) is 1.79. The zero-order valence-corrected chi connectivity index (χ0v) is 25.1. The van der Waals surface area contributed by atoms with E-state index in [4.69, 9.17) is 23.7 Å². The van der Waals surface area contributed by atoms with Gasteiger partial charge in [-0.2, -0.15) is 4.80 Å². The van der Waals surface area contributed by atoms with E-state index in [1.807, 2.05) is 29.6 Å². The number of thiophene rings is 1. The van der Waals surface area contributed by atoms with Crippen molar-refractivity contribution in [2.45, 2.75) is 38.1 Å². The van der Waals surface area contributed by atoms with Crippen LogP contribution in [0.3, 0.4) is 0 Å². The van der Waals surface area contributed by atoms with Crippen LogP contribution in [-0.4, -0.2) is 77.2 Å². The smallest absolute Gasteiger partial charge is 0.248 e. The summed E-state index contributed by atoms with van der Waals surface area (Å²) in [6, 6.07) is 13.5. The molecule has 2 aromatic carbocycles. The Kier molecular flexibility index (Phi) is 8.89. The summed E-state index contributed by atoms with van der Waals surface area (Å²) >= 11 is 1.40. The number of carbonyl (C=O) groups excluding carboxylic acids is 2. The molecule has 4 aromatic rings. The molecule has 1 saturated heterocycles. The Labute approximate surface area is 257 Å². The SMILES string of the molecule is COc1ccc(-c2nnn(CC(=O)N(Cc3ccc4c(c3)OCO4)[C@@H](C(=O)NC[C@H]3CCCO3)c3cccs3)n2)cc1OC. The summed E-state index contributed by atoms with van der Waals surface area (Å²) in [7, 11) is 3.10. The molecule has 0 unspecified atom stereocenters. The van der Waals surface area contributed by atoms with E-state index >= 15 is 0 Å². The first kappa shape index (κ1) is 29.4. The standard InChI is InChI=1S/C30H32N6O7S/c1-39-22-10-8-20(14-24(22)40-2)29-32-34-36(33-29)17-27(37)35(16-19-7-9-23-25(13-19)43-18-42-23)28(26-6-4-12-44-26)30(38)31-15-21-5-3-11-41-21/h4,6-10,12-14,21,28H,3,5,11,15-18H2,1-2H3,(H,31,38)/t21-,28-/m1/s1. The zero-order valence-electron chi connectivity index (χ0n) is 24.3. The van der Waals surface area contributed by atoms with Crippen molar-refractivity contribution in [3.8, 4) is 34.4 Å². The molecule has 13 nitrogen and oxygen atoms in total. The fraction of sp³-hybridized carbons (Fsp3) is 0.367. The van der Waals surface area contributed by atoms with Crippen LogP contribution in [0.25, 0.3) is 11.4 Å². The van der Waals surface area contributed by atoms with Crippen LogP contribution in [0.1, 0.15) is 29.3 Å². The second-order valence-corrected chi connectivity index (χ2v) is 11.2. The van der Waals surface area contributed by atoms with E-state index in [1.165, 1.54) is 21.0 Å². The van der Waals surface area contributed by atoms with E-state index < -0.39 is 6.04 Å². The monoisotopic (exact) mass is 620 g/mol. The highest BCUT2D eigenvalue weighted by Gasteiger charge is 2.34. The van der Waals surface area contributed by atoms with Crippen molar-refractivity contribution in [2.75, 3.05) is 34.2 Å². The Morgan fingerprint density at radius 3 is 2.75 bits per heavy atom. The molecular formula is C30H32N6O7S. The van der Waals surface area contributed by atoms with E-state index in [1.54, 1.807) is 38.5 Å². The normalized spacial score (nSPS) is 16.0. The molecule has 4 heterocycles. The number of aromatic nitrogens is 4. The minimum atomic E-state index is -0.900. The molecule has 0 saturated carbocycles. The lowest BCUT2D eigenvalue weighted by Crippen LogP contribution is -2.45. The highest BCUT2D eigenvalue weighted by molar-refractivity contribution is 7.10. The Hall–Kier alpha value is -4.69. The van der Waals surface area contributed by atoms with Gasteiger partial charge in [-0.1, -0.05) is 12.1 Å². The van der Waals surface area contributed by atoms with Gasteiger partial charge in [0.05, 0.1) is 20.3 Å². The van der Waals surface area contributed by atoms with E-state index in [2.05, 4.69) is 20.7 Å². The molecule has 14 heteroatoms. The molecule has 0 bridgehead atoms. The summed E-state index contributed by atoms with van der Waals surface area (Å²) in [5.41, 5.74) is 1.41. The molecule has 0 spiro atoms. The van der Waals surface area contributed by atoms with Crippen molar-refractivity contribution in [3.63, 3.8) is 0 Å². The Morgan fingerprint density at radius 1 is 1.11 bits per heavy atom. The lowest BCUT2D eigenvalue weighted by Gasteiger charge is -2.31. The molecule has 1 fully saturated rings. The van der Waals surface area contributed by atoms with Gasteiger partial charge in [0.25, 0.3) is 0 Å². The lowest BCUT2D eigenvalue weighted by molar-refractivity contribution is -0.142. The number of carbonyl (C=O) groups is 2. The van der Waals surface area contributed by atoms with Crippen molar-refractivity contribution in [2.24, 2.45) is 0 Å². The number of amides is 2. The first-order chi connectivity index (χ1) is 21.5. The van der Waals surface area contributed by atoms with Crippen LogP contribution in [0.4, 0.5) is 0 Å². The maximum absolute atomic E-state index is 14.1. The molecule has 2 aliphatic rings. The van der Waals surface area contributed by atoms with Gasteiger partial charge in [-0.15, -0.1) is 21.5 Å². The highest BCUT2D eigenvalue weighted by atomic mass is 32.1. The van der Waals surface area contributed by atoms with Gasteiger partial charge in [0.2, 0.25) is 24.4 Å². The molecule has 2 aromatic heterocycles. The third-order valence-corrected chi connectivity index (χ3v) is 8.31. The molecule has 0 aliphatic carbocycles. The first-order valence-corrected chi connectivity index (χ1v) is 15.0. The minimum absolute atomic E-state index is 0.0460. The molecule has 1 N–H and O–H groups in total. The van der Waals surface area contributed by atoms with Gasteiger partial charge >= 0.3 is 0 Å². The van der Waals surface area contributed by atoms with Crippen LogP contribution in [0.5, 0.6) is 23.0 Å². The maximum Gasteiger partial charge on any atom is 0.248 e. The molecule has 2 amide bonds. The van der Waals surface area contributed by atoms with Crippen LogP contribution in [0, 0.1) is 0 Å². The molecule has 2 aliphatic heterocycles. The molecule has 44 heavy (non-hydrogen) atoms. The molecule has 230 valence electrons. The molecule has 6 rings (SSSR count). The number of hydrogen-bond donors (Lipinski definition) is 1. The van der Waals surface area contributed by atoms with Crippen molar-refractivity contribution in [1.82, 2.24) is 30.4 Å². The minimum Gasteiger partial charge on any atom is -0.493 e. The number of nitrogens with one attached hydrogen (secondary N) is 1. The zero-order chi connectivity index (χ0) is 30.5. The lowest BCUT2D eigenvalue weighted by atomic mass is 10.1. The van der Waals surface area contributed by atoms with Crippen molar-refractivity contribution >= 4 is 23.2 Å². The van der Waals surface area contributed by atoms with Crippen LogP contribution < -0.4 is 24.3 Å². The summed E-state index contributed by atoms with van der Waals surface area (Å²) in [5, 5.41) is 17.6. The van der Waals surface area contributed by atoms with Gasteiger partial charge < -0.3 is 33.9 Å².